The van der Waals surface area contributed by atoms with Crippen molar-refractivity contribution in [1.29, 1.82) is 0 Å². The average Bonchev–Trinajstić information content (AvgIpc) is 3.03. The summed E-state index contributed by atoms with van der Waals surface area (Å²) < 4.78 is 1.13. The van der Waals surface area contributed by atoms with Crippen LogP contribution in [0.2, 0.25) is 0 Å². The summed E-state index contributed by atoms with van der Waals surface area (Å²) in [5.41, 5.74) is 2.48. The molecule has 20 heavy (non-hydrogen) atoms. The molecule has 1 aromatic carbocycles. The highest BCUT2D eigenvalue weighted by molar-refractivity contribution is 9.10. The van der Waals surface area contributed by atoms with Crippen LogP contribution in [0.1, 0.15) is 5.56 Å². The molecule has 0 spiro atoms. The van der Waals surface area contributed by atoms with Gasteiger partial charge in [0, 0.05) is 35.7 Å². The molecule has 1 aromatic heterocycles. The van der Waals surface area contributed by atoms with E-state index in [2.05, 4.69) is 49.3 Å². The zero-order valence-electron chi connectivity index (χ0n) is 11.3. The highest BCUT2D eigenvalue weighted by Gasteiger charge is 2.35. The molecule has 4 rings (SSSR count). The number of halogens is 1. The van der Waals surface area contributed by atoms with E-state index in [4.69, 9.17) is 0 Å². The topological polar surface area (TPSA) is 28.2 Å². The summed E-state index contributed by atoms with van der Waals surface area (Å²) in [5, 5.41) is 4.71. The first kappa shape index (κ1) is 12.7. The van der Waals surface area contributed by atoms with E-state index >= 15 is 0 Å². The zero-order valence-corrected chi connectivity index (χ0v) is 12.9. The van der Waals surface area contributed by atoms with E-state index in [1.165, 1.54) is 37.1 Å². The van der Waals surface area contributed by atoms with E-state index in [1.54, 1.807) is 0 Å². The molecule has 2 fully saturated rings. The second kappa shape index (κ2) is 5.10. The van der Waals surface area contributed by atoms with Crippen molar-refractivity contribution in [1.82, 2.24) is 15.2 Å². The number of nitrogens with zero attached hydrogens (tertiary/aromatic N) is 2. The van der Waals surface area contributed by atoms with Gasteiger partial charge in [-0.2, -0.15) is 0 Å². The van der Waals surface area contributed by atoms with Crippen LogP contribution in [0.3, 0.4) is 0 Å². The predicted molar refractivity (Wildman–Crippen MR) is 84.6 cm³/mol. The maximum atomic E-state index is 4.59. The Morgan fingerprint density at radius 2 is 2.00 bits per heavy atom. The van der Waals surface area contributed by atoms with Gasteiger partial charge in [-0.15, -0.1) is 0 Å². The smallest absolute Gasteiger partial charge is 0.0758 e. The van der Waals surface area contributed by atoms with Crippen LogP contribution in [0.4, 0.5) is 0 Å². The third kappa shape index (κ3) is 2.16. The van der Waals surface area contributed by atoms with Gasteiger partial charge in [0.2, 0.25) is 0 Å². The van der Waals surface area contributed by atoms with Gasteiger partial charge in [-0.3, -0.25) is 9.88 Å². The maximum Gasteiger partial charge on any atom is 0.0758 e. The molecule has 0 bridgehead atoms. The molecule has 2 aliphatic heterocycles. The molecular formula is C16H18BrN3. The van der Waals surface area contributed by atoms with Crippen molar-refractivity contribution in [2.45, 2.75) is 6.54 Å². The lowest BCUT2D eigenvalue weighted by Crippen LogP contribution is -2.25. The summed E-state index contributed by atoms with van der Waals surface area (Å²) in [6.07, 6.45) is 1.89. The predicted octanol–water partition coefficient (Wildman–Crippen LogP) is 2.65. The molecule has 0 saturated carbocycles. The van der Waals surface area contributed by atoms with Gasteiger partial charge in [0.1, 0.15) is 0 Å². The molecule has 2 aromatic rings. The lowest BCUT2D eigenvalue weighted by atomic mass is 10.0. The van der Waals surface area contributed by atoms with Gasteiger partial charge in [-0.1, -0.05) is 28.1 Å². The monoisotopic (exact) mass is 331 g/mol. The quantitative estimate of drug-likeness (QED) is 0.916. The Morgan fingerprint density at radius 3 is 2.80 bits per heavy atom. The van der Waals surface area contributed by atoms with Crippen LogP contribution in [0, 0.1) is 11.8 Å². The normalized spacial score (nSPS) is 26.2. The highest BCUT2D eigenvalue weighted by Crippen LogP contribution is 2.30. The number of likely N-dealkylation sites (tertiary alicyclic amines) is 1. The summed E-state index contributed by atoms with van der Waals surface area (Å²) in [5.74, 6) is 1.70. The molecule has 3 heterocycles. The molecule has 0 radical (unpaired) electrons. The molecule has 1 N–H and O–H groups in total. The molecule has 0 amide bonds. The summed E-state index contributed by atoms with van der Waals surface area (Å²) in [7, 11) is 0. The Hall–Kier alpha value is -0.970. The second-order valence-electron chi connectivity index (χ2n) is 5.98. The van der Waals surface area contributed by atoms with Crippen molar-refractivity contribution < 1.29 is 0 Å². The first-order valence-electron chi connectivity index (χ1n) is 7.26. The minimum Gasteiger partial charge on any atom is -0.316 e. The molecular weight excluding hydrogens is 314 g/mol. The van der Waals surface area contributed by atoms with Crippen molar-refractivity contribution in [3.05, 3.63) is 40.5 Å². The van der Waals surface area contributed by atoms with Crippen LogP contribution in [0.25, 0.3) is 10.9 Å². The minimum absolute atomic E-state index is 0.852. The third-order valence-corrected chi connectivity index (χ3v) is 5.35. The summed E-state index contributed by atoms with van der Waals surface area (Å²) in [6.45, 7) is 5.86. The number of hydrogen-bond donors (Lipinski definition) is 1. The number of rotatable bonds is 2. The van der Waals surface area contributed by atoms with Crippen LogP contribution >= 0.6 is 15.9 Å². The van der Waals surface area contributed by atoms with Crippen molar-refractivity contribution in [3.8, 4) is 0 Å². The average molecular weight is 332 g/mol. The van der Waals surface area contributed by atoms with E-state index in [0.717, 1.165) is 28.4 Å². The molecule has 2 aliphatic rings. The lowest BCUT2D eigenvalue weighted by molar-refractivity contribution is 0.306. The minimum atomic E-state index is 0.852. The van der Waals surface area contributed by atoms with Crippen LogP contribution in [-0.2, 0) is 6.54 Å². The Morgan fingerprint density at radius 1 is 1.20 bits per heavy atom. The Kier molecular flexibility index (Phi) is 3.25. The van der Waals surface area contributed by atoms with E-state index in [-0.39, 0.29) is 0 Å². The first-order valence-corrected chi connectivity index (χ1v) is 8.06. The maximum absolute atomic E-state index is 4.59. The van der Waals surface area contributed by atoms with Crippen LogP contribution in [0.5, 0.6) is 0 Å². The SMILES string of the molecule is Brc1ccc(CN2CC3CNCC3C2)c2ncccc12. The Balaban J connectivity index is 1.62. The summed E-state index contributed by atoms with van der Waals surface area (Å²) in [4.78, 5) is 7.18. The fourth-order valence-electron chi connectivity index (χ4n) is 3.65. The highest BCUT2D eigenvalue weighted by atomic mass is 79.9. The van der Waals surface area contributed by atoms with Gasteiger partial charge in [0.15, 0.2) is 0 Å². The molecule has 104 valence electrons. The Bertz CT molecular complexity index is 631. The van der Waals surface area contributed by atoms with Gasteiger partial charge in [0.05, 0.1) is 5.52 Å². The van der Waals surface area contributed by atoms with E-state index in [9.17, 15) is 0 Å². The van der Waals surface area contributed by atoms with E-state index in [0.29, 0.717) is 0 Å². The fraction of sp³-hybridized carbons (Fsp3) is 0.438. The number of benzene rings is 1. The fourth-order valence-corrected chi connectivity index (χ4v) is 4.10. The molecule has 2 unspecified atom stereocenters. The number of hydrogen-bond acceptors (Lipinski definition) is 3. The van der Waals surface area contributed by atoms with Gasteiger partial charge in [-0.25, -0.2) is 0 Å². The van der Waals surface area contributed by atoms with Crippen LogP contribution in [0.15, 0.2) is 34.9 Å². The number of nitrogens with one attached hydrogen (secondary N) is 1. The molecule has 3 nitrogen and oxygen atoms in total. The summed E-state index contributed by atoms with van der Waals surface area (Å²) >= 11 is 3.62. The third-order valence-electron chi connectivity index (χ3n) is 4.66. The van der Waals surface area contributed by atoms with Crippen molar-refractivity contribution in [2.24, 2.45) is 11.8 Å². The first-order chi connectivity index (χ1) is 9.81. The van der Waals surface area contributed by atoms with E-state index in [1.807, 2.05) is 12.3 Å². The number of aromatic nitrogens is 1. The molecule has 0 aliphatic carbocycles. The van der Waals surface area contributed by atoms with E-state index < -0.39 is 0 Å². The van der Waals surface area contributed by atoms with Crippen molar-refractivity contribution >= 4 is 26.8 Å². The standard InChI is InChI=1S/C16H18BrN3/c17-15-4-3-11(16-14(15)2-1-5-19-16)8-20-9-12-6-18-7-13(12)10-20/h1-5,12-13,18H,6-10H2. The van der Waals surface area contributed by atoms with Gasteiger partial charge < -0.3 is 5.32 Å². The van der Waals surface area contributed by atoms with Crippen molar-refractivity contribution in [2.75, 3.05) is 26.2 Å². The van der Waals surface area contributed by atoms with Gasteiger partial charge in [0.25, 0.3) is 0 Å². The van der Waals surface area contributed by atoms with Gasteiger partial charge in [-0.05, 0) is 42.6 Å². The molecule has 2 saturated heterocycles. The molecule has 2 atom stereocenters. The largest absolute Gasteiger partial charge is 0.316 e. The lowest BCUT2D eigenvalue weighted by Gasteiger charge is -2.18. The van der Waals surface area contributed by atoms with Crippen molar-refractivity contribution in [3.63, 3.8) is 0 Å². The Labute approximate surface area is 127 Å². The summed E-state index contributed by atoms with van der Waals surface area (Å²) in [6, 6.07) is 8.50. The second-order valence-corrected chi connectivity index (χ2v) is 6.83. The van der Waals surface area contributed by atoms with Gasteiger partial charge >= 0.3 is 0 Å². The molecule has 4 heteroatoms. The zero-order chi connectivity index (χ0) is 13.5. The van der Waals surface area contributed by atoms with Crippen LogP contribution < -0.4 is 5.32 Å². The number of pyridine rings is 1. The number of fused-ring (bicyclic) bond motifs is 2. The van der Waals surface area contributed by atoms with Crippen LogP contribution in [-0.4, -0.2) is 36.1 Å².